The van der Waals surface area contributed by atoms with E-state index >= 15 is 0 Å². The van der Waals surface area contributed by atoms with Crippen molar-refractivity contribution in [2.24, 2.45) is 0 Å². The van der Waals surface area contributed by atoms with Gasteiger partial charge in [-0.3, -0.25) is 10.1 Å². The Morgan fingerprint density at radius 3 is 2.55 bits per heavy atom. The monoisotopic (exact) mass is 316 g/mol. The minimum atomic E-state index is -0.930. The largest absolute Gasteiger partial charge is 0.298 e. The molecule has 0 saturated heterocycles. The Labute approximate surface area is 129 Å². The summed E-state index contributed by atoms with van der Waals surface area (Å²) in [5.41, 5.74) is 1.45. The fourth-order valence-corrected chi connectivity index (χ4v) is 2.59. The van der Waals surface area contributed by atoms with Crippen molar-refractivity contribution in [2.45, 2.75) is 0 Å². The third-order valence-corrected chi connectivity index (χ3v) is 3.73. The van der Waals surface area contributed by atoms with Crippen LogP contribution in [-0.2, 0) is 0 Å². The summed E-state index contributed by atoms with van der Waals surface area (Å²) in [6.45, 7) is 0. The van der Waals surface area contributed by atoms with Crippen LogP contribution < -0.4 is 5.32 Å². The molecule has 22 heavy (non-hydrogen) atoms. The molecule has 1 N–H and O–H groups in total. The van der Waals surface area contributed by atoms with Crippen molar-refractivity contribution in [3.63, 3.8) is 0 Å². The predicted octanol–water partition coefficient (Wildman–Crippen LogP) is 4.34. The number of rotatable bonds is 3. The van der Waals surface area contributed by atoms with Crippen molar-refractivity contribution in [3.05, 3.63) is 71.1 Å². The summed E-state index contributed by atoms with van der Waals surface area (Å²) in [7, 11) is 0. The zero-order valence-corrected chi connectivity index (χ0v) is 12.0. The number of carbonyl (C=O) groups excluding carboxylic acids is 1. The average Bonchev–Trinajstić information content (AvgIpc) is 2.99. The summed E-state index contributed by atoms with van der Waals surface area (Å²) >= 11 is 1.22. The van der Waals surface area contributed by atoms with Gasteiger partial charge in [0.05, 0.1) is 5.69 Å². The van der Waals surface area contributed by atoms with E-state index in [2.05, 4.69) is 10.3 Å². The molecule has 0 aliphatic rings. The highest BCUT2D eigenvalue weighted by molar-refractivity contribution is 7.14. The number of amides is 1. The van der Waals surface area contributed by atoms with Gasteiger partial charge in [-0.25, -0.2) is 13.8 Å². The van der Waals surface area contributed by atoms with Gasteiger partial charge >= 0.3 is 0 Å². The van der Waals surface area contributed by atoms with Crippen LogP contribution in [0.1, 0.15) is 10.4 Å². The first-order valence-corrected chi connectivity index (χ1v) is 7.29. The second kappa shape index (κ2) is 6.03. The maximum Gasteiger partial charge on any atom is 0.257 e. The molecule has 2 aromatic carbocycles. The van der Waals surface area contributed by atoms with Crippen LogP contribution in [-0.4, -0.2) is 10.9 Å². The number of thiazole rings is 1. The van der Waals surface area contributed by atoms with Crippen LogP contribution in [0.2, 0.25) is 0 Å². The van der Waals surface area contributed by atoms with Gasteiger partial charge in [-0.05, 0) is 30.3 Å². The predicted molar refractivity (Wildman–Crippen MR) is 81.9 cm³/mol. The lowest BCUT2D eigenvalue weighted by Gasteiger charge is -2.01. The van der Waals surface area contributed by atoms with Crippen LogP contribution in [0.4, 0.5) is 13.9 Å². The van der Waals surface area contributed by atoms with Crippen LogP contribution in [0.5, 0.6) is 0 Å². The van der Waals surface area contributed by atoms with E-state index in [1.165, 1.54) is 17.4 Å². The van der Waals surface area contributed by atoms with Crippen LogP contribution in [0, 0.1) is 11.6 Å². The molecular formula is C16H10F2N2OS. The molecule has 0 aliphatic carbocycles. The smallest absolute Gasteiger partial charge is 0.257 e. The fourth-order valence-electron chi connectivity index (χ4n) is 1.88. The van der Waals surface area contributed by atoms with E-state index in [0.29, 0.717) is 22.0 Å². The molecule has 0 bridgehead atoms. The summed E-state index contributed by atoms with van der Waals surface area (Å²) in [5, 5.41) is 4.75. The van der Waals surface area contributed by atoms with Gasteiger partial charge in [0.15, 0.2) is 16.8 Å². The van der Waals surface area contributed by atoms with Crippen LogP contribution in [0.3, 0.4) is 0 Å². The van der Waals surface area contributed by atoms with Gasteiger partial charge in [0.1, 0.15) is 0 Å². The van der Waals surface area contributed by atoms with Gasteiger partial charge in [0.2, 0.25) is 0 Å². The Morgan fingerprint density at radius 1 is 1.05 bits per heavy atom. The van der Waals surface area contributed by atoms with Crippen molar-refractivity contribution >= 4 is 22.4 Å². The second-order valence-electron chi connectivity index (χ2n) is 4.49. The molecule has 1 heterocycles. The molecule has 0 atom stereocenters. The molecule has 1 aromatic heterocycles. The molecule has 0 saturated carbocycles. The Bertz CT molecular complexity index is 818. The third-order valence-electron chi connectivity index (χ3n) is 2.98. The van der Waals surface area contributed by atoms with Crippen molar-refractivity contribution in [1.29, 1.82) is 0 Å². The molecule has 0 spiro atoms. The van der Waals surface area contributed by atoms with Crippen molar-refractivity contribution in [3.8, 4) is 11.3 Å². The molecule has 3 rings (SSSR count). The Balaban J connectivity index is 1.79. The van der Waals surface area contributed by atoms with Gasteiger partial charge in [-0.15, -0.1) is 11.3 Å². The first-order valence-electron chi connectivity index (χ1n) is 6.41. The lowest BCUT2D eigenvalue weighted by Crippen LogP contribution is -2.11. The highest BCUT2D eigenvalue weighted by atomic mass is 32.1. The van der Waals surface area contributed by atoms with E-state index < -0.39 is 11.6 Å². The van der Waals surface area contributed by atoms with Crippen LogP contribution in [0.25, 0.3) is 11.3 Å². The second-order valence-corrected chi connectivity index (χ2v) is 5.35. The molecule has 6 heteroatoms. The number of nitrogens with one attached hydrogen (secondary N) is 1. The highest BCUT2D eigenvalue weighted by Crippen LogP contribution is 2.26. The van der Waals surface area contributed by atoms with Crippen molar-refractivity contribution in [2.75, 3.05) is 5.32 Å². The van der Waals surface area contributed by atoms with E-state index in [4.69, 9.17) is 0 Å². The Kier molecular flexibility index (Phi) is 3.93. The minimum Gasteiger partial charge on any atom is -0.298 e. The van der Waals surface area contributed by atoms with E-state index in [9.17, 15) is 13.6 Å². The van der Waals surface area contributed by atoms with Gasteiger partial charge in [0, 0.05) is 16.5 Å². The lowest BCUT2D eigenvalue weighted by atomic mass is 10.2. The van der Waals surface area contributed by atoms with Crippen LogP contribution in [0.15, 0.2) is 53.9 Å². The molecule has 0 radical (unpaired) electrons. The SMILES string of the molecule is O=C(Nc1nc(-c2ccc(F)c(F)c2)cs1)c1ccccc1. The van der Waals surface area contributed by atoms with Gasteiger partial charge in [0.25, 0.3) is 5.91 Å². The highest BCUT2D eigenvalue weighted by Gasteiger charge is 2.11. The van der Waals surface area contributed by atoms with Gasteiger partial charge in [-0.2, -0.15) is 0 Å². The third kappa shape index (κ3) is 3.01. The first-order chi connectivity index (χ1) is 10.6. The maximum atomic E-state index is 13.2. The Hall–Kier alpha value is -2.60. The summed E-state index contributed by atoms with van der Waals surface area (Å²) < 4.78 is 26.2. The number of hydrogen-bond donors (Lipinski definition) is 1. The summed E-state index contributed by atoms with van der Waals surface area (Å²) in [6.07, 6.45) is 0. The van der Waals surface area contributed by atoms with Gasteiger partial charge in [-0.1, -0.05) is 18.2 Å². The normalized spacial score (nSPS) is 10.5. The fraction of sp³-hybridized carbons (Fsp3) is 0. The lowest BCUT2D eigenvalue weighted by molar-refractivity contribution is 0.102. The molecule has 0 aliphatic heterocycles. The van der Waals surface area contributed by atoms with E-state index in [-0.39, 0.29) is 5.91 Å². The van der Waals surface area contributed by atoms with Crippen molar-refractivity contribution in [1.82, 2.24) is 4.98 Å². The number of nitrogens with zero attached hydrogens (tertiary/aromatic N) is 1. The first kappa shape index (κ1) is 14.3. The summed E-state index contributed by atoms with van der Waals surface area (Å²) in [5.74, 6) is -2.11. The van der Waals surface area contributed by atoms with E-state index in [1.807, 2.05) is 6.07 Å². The number of halogens is 2. The molecule has 3 nitrogen and oxygen atoms in total. The molecule has 110 valence electrons. The van der Waals surface area contributed by atoms with Gasteiger partial charge < -0.3 is 0 Å². The molecule has 1 amide bonds. The quantitative estimate of drug-likeness (QED) is 0.781. The number of anilines is 1. The van der Waals surface area contributed by atoms with E-state index in [0.717, 1.165) is 12.1 Å². The summed E-state index contributed by atoms with van der Waals surface area (Å²) in [6, 6.07) is 12.3. The average molecular weight is 316 g/mol. The minimum absolute atomic E-state index is 0.271. The van der Waals surface area contributed by atoms with Crippen LogP contribution >= 0.6 is 11.3 Å². The number of benzene rings is 2. The number of hydrogen-bond acceptors (Lipinski definition) is 3. The number of carbonyl (C=O) groups is 1. The Morgan fingerprint density at radius 2 is 1.82 bits per heavy atom. The molecular weight excluding hydrogens is 306 g/mol. The van der Waals surface area contributed by atoms with E-state index in [1.54, 1.807) is 29.6 Å². The zero-order chi connectivity index (χ0) is 15.5. The molecule has 0 unspecified atom stereocenters. The molecule has 0 fully saturated rings. The summed E-state index contributed by atoms with van der Waals surface area (Å²) in [4.78, 5) is 16.2. The topological polar surface area (TPSA) is 42.0 Å². The standard InChI is InChI=1S/C16H10F2N2OS/c17-12-7-6-11(8-13(12)18)14-9-22-16(19-14)20-15(21)10-4-2-1-3-5-10/h1-9H,(H,19,20,21). The number of aromatic nitrogens is 1. The molecule has 3 aromatic rings. The van der Waals surface area contributed by atoms with Crippen molar-refractivity contribution < 1.29 is 13.6 Å². The zero-order valence-electron chi connectivity index (χ0n) is 11.2. The maximum absolute atomic E-state index is 13.2.